The molecular weight excluding hydrogens is 136 g/mol. The molecule has 1 heterocycles. The summed E-state index contributed by atoms with van der Waals surface area (Å²) in [5, 5.41) is 4.29. The summed E-state index contributed by atoms with van der Waals surface area (Å²) in [4.78, 5) is 0. The van der Waals surface area contributed by atoms with Gasteiger partial charge in [-0.2, -0.15) is 5.10 Å². The first-order valence-electron chi connectivity index (χ1n) is 3.75. The molecule has 0 saturated heterocycles. The Balaban J connectivity index is 2.98. The Labute approximate surface area is 67.5 Å². The van der Waals surface area contributed by atoms with Gasteiger partial charge in [-0.25, -0.2) is 0 Å². The summed E-state index contributed by atoms with van der Waals surface area (Å²) in [6.07, 6.45) is 2.08. The number of aromatic nitrogens is 2. The van der Waals surface area contributed by atoms with Crippen molar-refractivity contribution in [2.24, 2.45) is 7.05 Å². The third-order valence-electron chi connectivity index (χ3n) is 1.57. The van der Waals surface area contributed by atoms with Crippen LogP contribution in [-0.4, -0.2) is 9.78 Å². The van der Waals surface area contributed by atoms with Crippen molar-refractivity contribution in [3.8, 4) is 0 Å². The number of aryl methyl sites for hydroxylation is 2. The van der Waals surface area contributed by atoms with Crippen LogP contribution in [0.1, 0.15) is 25.2 Å². The van der Waals surface area contributed by atoms with E-state index < -0.39 is 0 Å². The van der Waals surface area contributed by atoms with Gasteiger partial charge in [-0.05, 0) is 32.9 Å². The van der Waals surface area contributed by atoms with Crippen LogP contribution >= 0.6 is 0 Å². The zero-order valence-electron chi connectivity index (χ0n) is 7.55. The molecule has 0 N–H and O–H groups in total. The van der Waals surface area contributed by atoms with Gasteiger partial charge in [-0.3, -0.25) is 4.68 Å². The van der Waals surface area contributed by atoms with Crippen molar-refractivity contribution in [3.05, 3.63) is 23.0 Å². The fourth-order valence-electron chi connectivity index (χ4n) is 0.955. The molecule has 0 unspecified atom stereocenters. The molecule has 11 heavy (non-hydrogen) atoms. The molecule has 0 radical (unpaired) electrons. The Hall–Kier alpha value is -1.05. The lowest BCUT2D eigenvalue weighted by Crippen LogP contribution is -1.91. The van der Waals surface area contributed by atoms with Crippen LogP contribution in [0.5, 0.6) is 0 Å². The fourth-order valence-corrected chi connectivity index (χ4v) is 0.955. The normalized spacial score (nSPS) is 9.82. The van der Waals surface area contributed by atoms with Gasteiger partial charge in [0, 0.05) is 12.7 Å². The maximum Gasteiger partial charge on any atom is 0.0852 e. The molecule has 0 fully saturated rings. The van der Waals surface area contributed by atoms with E-state index in [4.69, 9.17) is 0 Å². The highest BCUT2D eigenvalue weighted by Crippen LogP contribution is 2.05. The molecule has 2 heteroatoms. The van der Waals surface area contributed by atoms with Gasteiger partial charge in [-0.15, -0.1) is 0 Å². The lowest BCUT2D eigenvalue weighted by atomic mass is 10.2. The van der Waals surface area contributed by atoms with E-state index in [9.17, 15) is 0 Å². The zero-order valence-corrected chi connectivity index (χ0v) is 7.55. The van der Waals surface area contributed by atoms with Crippen molar-refractivity contribution in [2.45, 2.75) is 20.8 Å². The Kier molecular flexibility index (Phi) is 2.13. The summed E-state index contributed by atoms with van der Waals surface area (Å²) < 4.78 is 1.88. The molecular formula is C9H14N2. The molecule has 2 nitrogen and oxygen atoms in total. The molecule has 0 aromatic carbocycles. The van der Waals surface area contributed by atoms with Crippen LogP contribution in [0.4, 0.5) is 0 Å². The van der Waals surface area contributed by atoms with Crippen LogP contribution in [0.15, 0.2) is 11.6 Å². The number of hydrogen-bond donors (Lipinski definition) is 0. The van der Waals surface area contributed by atoms with E-state index in [2.05, 4.69) is 38.0 Å². The van der Waals surface area contributed by atoms with Gasteiger partial charge in [0.2, 0.25) is 0 Å². The predicted molar refractivity (Wildman–Crippen MR) is 47.3 cm³/mol. The van der Waals surface area contributed by atoms with Crippen molar-refractivity contribution in [1.82, 2.24) is 9.78 Å². The van der Waals surface area contributed by atoms with Crippen LogP contribution < -0.4 is 0 Å². The Morgan fingerprint density at radius 3 is 2.55 bits per heavy atom. The van der Waals surface area contributed by atoms with Crippen molar-refractivity contribution in [1.29, 1.82) is 0 Å². The van der Waals surface area contributed by atoms with Gasteiger partial charge in [0.1, 0.15) is 0 Å². The average molecular weight is 150 g/mol. The smallest absolute Gasteiger partial charge is 0.0852 e. The van der Waals surface area contributed by atoms with Crippen LogP contribution in [-0.2, 0) is 7.05 Å². The second-order valence-electron chi connectivity index (χ2n) is 3.06. The summed E-state index contributed by atoms with van der Waals surface area (Å²) in [7, 11) is 1.96. The molecule has 0 bridgehead atoms. The SMILES string of the molecule is CC(C)=Cc1cc(C)n(C)n1. The van der Waals surface area contributed by atoms with E-state index in [1.54, 1.807) is 0 Å². The minimum atomic E-state index is 1.05. The zero-order chi connectivity index (χ0) is 8.43. The summed E-state index contributed by atoms with van der Waals surface area (Å²) in [6.45, 7) is 6.20. The number of nitrogens with zero attached hydrogens (tertiary/aromatic N) is 2. The summed E-state index contributed by atoms with van der Waals surface area (Å²) >= 11 is 0. The van der Waals surface area contributed by atoms with Gasteiger partial charge in [0.15, 0.2) is 0 Å². The highest BCUT2D eigenvalue weighted by Gasteiger charge is 1.96. The molecule has 1 aromatic rings. The summed E-state index contributed by atoms with van der Waals surface area (Å²) in [5.74, 6) is 0. The van der Waals surface area contributed by atoms with Gasteiger partial charge in [0.25, 0.3) is 0 Å². The van der Waals surface area contributed by atoms with E-state index in [-0.39, 0.29) is 0 Å². The third-order valence-corrected chi connectivity index (χ3v) is 1.57. The van der Waals surface area contributed by atoms with Crippen molar-refractivity contribution < 1.29 is 0 Å². The highest BCUT2D eigenvalue weighted by atomic mass is 15.3. The topological polar surface area (TPSA) is 17.8 Å². The largest absolute Gasteiger partial charge is 0.272 e. The second-order valence-corrected chi connectivity index (χ2v) is 3.06. The molecule has 0 aliphatic rings. The first-order valence-corrected chi connectivity index (χ1v) is 3.75. The average Bonchev–Trinajstić information content (AvgIpc) is 2.10. The van der Waals surface area contributed by atoms with Crippen LogP contribution in [0.2, 0.25) is 0 Å². The fraction of sp³-hybridized carbons (Fsp3) is 0.444. The van der Waals surface area contributed by atoms with E-state index >= 15 is 0 Å². The summed E-state index contributed by atoms with van der Waals surface area (Å²) in [6, 6.07) is 2.08. The number of rotatable bonds is 1. The number of allylic oxidation sites excluding steroid dienone is 1. The number of hydrogen-bond acceptors (Lipinski definition) is 1. The quantitative estimate of drug-likeness (QED) is 0.599. The van der Waals surface area contributed by atoms with Crippen LogP contribution in [0.3, 0.4) is 0 Å². The minimum absolute atomic E-state index is 1.05. The Bertz CT molecular complexity index is 258. The van der Waals surface area contributed by atoms with Crippen molar-refractivity contribution in [3.63, 3.8) is 0 Å². The first-order chi connectivity index (χ1) is 5.09. The molecule has 0 atom stereocenters. The Morgan fingerprint density at radius 2 is 2.18 bits per heavy atom. The van der Waals surface area contributed by atoms with Gasteiger partial charge in [-0.1, -0.05) is 5.57 Å². The molecule has 0 spiro atoms. The van der Waals surface area contributed by atoms with Gasteiger partial charge >= 0.3 is 0 Å². The van der Waals surface area contributed by atoms with E-state index in [0.717, 1.165) is 5.69 Å². The van der Waals surface area contributed by atoms with Crippen molar-refractivity contribution in [2.75, 3.05) is 0 Å². The molecule has 0 aliphatic heterocycles. The molecule has 60 valence electrons. The van der Waals surface area contributed by atoms with Crippen LogP contribution in [0, 0.1) is 6.92 Å². The van der Waals surface area contributed by atoms with Gasteiger partial charge < -0.3 is 0 Å². The third kappa shape index (κ3) is 1.93. The first kappa shape index (κ1) is 8.05. The molecule has 1 aromatic heterocycles. The minimum Gasteiger partial charge on any atom is -0.272 e. The molecule has 0 aliphatic carbocycles. The van der Waals surface area contributed by atoms with E-state index in [0.29, 0.717) is 0 Å². The van der Waals surface area contributed by atoms with E-state index in [1.165, 1.54) is 11.3 Å². The maximum atomic E-state index is 4.29. The lowest BCUT2D eigenvalue weighted by molar-refractivity contribution is 0.737. The lowest BCUT2D eigenvalue weighted by Gasteiger charge is -1.88. The molecule has 1 rings (SSSR count). The Morgan fingerprint density at radius 1 is 1.55 bits per heavy atom. The van der Waals surface area contributed by atoms with Crippen molar-refractivity contribution >= 4 is 6.08 Å². The van der Waals surface area contributed by atoms with E-state index in [1.807, 2.05) is 11.7 Å². The summed E-state index contributed by atoms with van der Waals surface area (Å²) in [5.41, 5.74) is 3.52. The molecule has 0 saturated carbocycles. The second kappa shape index (κ2) is 2.91. The monoisotopic (exact) mass is 150 g/mol. The maximum absolute atomic E-state index is 4.29. The molecule has 0 amide bonds. The van der Waals surface area contributed by atoms with Gasteiger partial charge in [0.05, 0.1) is 5.69 Å². The highest BCUT2D eigenvalue weighted by molar-refractivity contribution is 5.47. The standard InChI is InChI=1S/C9H14N2/c1-7(2)5-9-6-8(3)11(4)10-9/h5-6H,1-4H3. The predicted octanol–water partition coefficient (Wildman–Crippen LogP) is 2.15. The van der Waals surface area contributed by atoms with Crippen LogP contribution in [0.25, 0.3) is 6.08 Å².